The van der Waals surface area contributed by atoms with Crippen molar-refractivity contribution in [3.8, 4) is 5.75 Å². The van der Waals surface area contributed by atoms with Crippen LogP contribution in [0.1, 0.15) is 12.0 Å². The molecule has 0 spiro atoms. The van der Waals surface area contributed by atoms with E-state index < -0.39 is 12.7 Å². The van der Waals surface area contributed by atoms with E-state index in [9.17, 15) is 13.2 Å². The predicted molar refractivity (Wildman–Crippen MR) is 92.8 cm³/mol. The van der Waals surface area contributed by atoms with Crippen LogP contribution in [0.4, 0.5) is 13.2 Å². The van der Waals surface area contributed by atoms with Crippen LogP contribution in [0.25, 0.3) is 10.8 Å². The van der Waals surface area contributed by atoms with Crippen LogP contribution in [0.2, 0.25) is 0 Å². The number of nitrogens with one attached hydrogen (secondary N) is 1. The topological polar surface area (TPSA) is 24.5 Å². The van der Waals surface area contributed by atoms with E-state index in [4.69, 9.17) is 4.74 Å². The van der Waals surface area contributed by atoms with Crippen LogP contribution in [0, 0.1) is 5.92 Å². The Morgan fingerprint density at radius 3 is 2.76 bits per heavy atom. The predicted octanol–water partition coefficient (Wildman–Crippen LogP) is 3.82. The van der Waals surface area contributed by atoms with Crippen molar-refractivity contribution in [2.45, 2.75) is 19.1 Å². The Labute approximate surface area is 145 Å². The molecule has 1 aliphatic heterocycles. The molecule has 25 heavy (non-hydrogen) atoms. The van der Waals surface area contributed by atoms with Crippen molar-refractivity contribution in [3.63, 3.8) is 0 Å². The Balaban J connectivity index is 1.59. The van der Waals surface area contributed by atoms with E-state index in [1.807, 2.05) is 24.3 Å². The maximum atomic E-state index is 12.5. The third kappa shape index (κ3) is 4.64. The number of nitrogens with zero attached hydrogens (tertiary/aromatic N) is 1. The molecule has 3 rings (SSSR count). The summed E-state index contributed by atoms with van der Waals surface area (Å²) >= 11 is 0. The summed E-state index contributed by atoms with van der Waals surface area (Å²) in [7, 11) is 1.65. The molecule has 0 aliphatic carbocycles. The highest BCUT2D eigenvalue weighted by atomic mass is 19.4. The molecule has 1 fully saturated rings. The molecule has 2 aromatic rings. The molecule has 1 atom stereocenters. The third-order valence-corrected chi connectivity index (χ3v) is 4.73. The Morgan fingerprint density at radius 2 is 2.00 bits per heavy atom. The van der Waals surface area contributed by atoms with Crippen molar-refractivity contribution in [3.05, 3.63) is 42.0 Å². The normalized spacial score (nSPS) is 18.8. The monoisotopic (exact) mass is 352 g/mol. The largest absolute Gasteiger partial charge is 0.496 e. The van der Waals surface area contributed by atoms with Gasteiger partial charge in [0.15, 0.2) is 0 Å². The number of likely N-dealkylation sites (tertiary alicyclic amines) is 1. The van der Waals surface area contributed by atoms with Gasteiger partial charge in [-0.05, 0) is 42.3 Å². The molecule has 0 bridgehead atoms. The number of rotatable bonds is 6. The summed E-state index contributed by atoms with van der Waals surface area (Å²) in [5.41, 5.74) is 1.09. The van der Waals surface area contributed by atoms with Gasteiger partial charge in [-0.1, -0.05) is 30.3 Å². The van der Waals surface area contributed by atoms with E-state index in [2.05, 4.69) is 17.4 Å². The number of methoxy groups -OCH3 is 1. The van der Waals surface area contributed by atoms with Gasteiger partial charge in [0.05, 0.1) is 13.7 Å². The Kier molecular flexibility index (Phi) is 5.49. The first-order chi connectivity index (χ1) is 12.0. The molecule has 0 amide bonds. The molecule has 0 saturated carbocycles. The minimum atomic E-state index is -4.11. The molecule has 1 heterocycles. The highest BCUT2D eigenvalue weighted by Gasteiger charge is 2.34. The van der Waals surface area contributed by atoms with Crippen molar-refractivity contribution in [1.82, 2.24) is 10.2 Å². The first-order valence-electron chi connectivity index (χ1n) is 8.50. The zero-order chi connectivity index (χ0) is 17.9. The molecule has 1 saturated heterocycles. The van der Waals surface area contributed by atoms with Crippen molar-refractivity contribution in [2.75, 3.05) is 33.3 Å². The second kappa shape index (κ2) is 7.62. The highest BCUT2D eigenvalue weighted by Crippen LogP contribution is 2.28. The molecule has 0 aromatic heterocycles. The van der Waals surface area contributed by atoms with Gasteiger partial charge in [0.25, 0.3) is 0 Å². The van der Waals surface area contributed by atoms with Crippen LogP contribution >= 0.6 is 0 Å². The number of hydrogen-bond acceptors (Lipinski definition) is 3. The zero-order valence-electron chi connectivity index (χ0n) is 14.3. The van der Waals surface area contributed by atoms with E-state index >= 15 is 0 Å². The fraction of sp³-hybridized carbons (Fsp3) is 0.474. The van der Waals surface area contributed by atoms with Crippen LogP contribution in [0.5, 0.6) is 5.75 Å². The van der Waals surface area contributed by atoms with E-state index in [1.165, 1.54) is 4.90 Å². The minimum absolute atomic E-state index is 0.253. The lowest BCUT2D eigenvalue weighted by molar-refractivity contribution is -0.143. The number of fused-ring (bicyclic) bond motifs is 1. The lowest BCUT2D eigenvalue weighted by Crippen LogP contribution is -2.33. The molecule has 2 aromatic carbocycles. The quantitative estimate of drug-likeness (QED) is 0.855. The van der Waals surface area contributed by atoms with Gasteiger partial charge in [-0.15, -0.1) is 0 Å². The SMILES string of the molecule is COc1ccc2ccccc2c1CNCC1CCN(CC(F)(F)F)C1. The Hall–Kier alpha value is -1.79. The summed E-state index contributed by atoms with van der Waals surface area (Å²) < 4.78 is 42.9. The number of ether oxygens (including phenoxy) is 1. The molecule has 1 unspecified atom stereocenters. The first-order valence-corrected chi connectivity index (χ1v) is 8.50. The molecule has 0 radical (unpaired) electrons. The van der Waals surface area contributed by atoms with Gasteiger partial charge >= 0.3 is 6.18 Å². The van der Waals surface area contributed by atoms with Crippen molar-refractivity contribution >= 4 is 10.8 Å². The van der Waals surface area contributed by atoms with Gasteiger partial charge in [0.1, 0.15) is 5.75 Å². The summed E-state index contributed by atoms with van der Waals surface area (Å²) in [4.78, 5) is 1.49. The van der Waals surface area contributed by atoms with Crippen LogP contribution in [0.15, 0.2) is 36.4 Å². The summed E-state index contributed by atoms with van der Waals surface area (Å²) in [6, 6.07) is 12.1. The molecule has 1 aliphatic rings. The van der Waals surface area contributed by atoms with E-state index in [0.717, 1.165) is 28.5 Å². The average Bonchev–Trinajstić information content (AvgIpc) is 3.00. The number of hydrogen-bond donors (Lipinski definition) is 1. The van der Waals surface area contributed by atoms with Gasteiger partial charge in [-0.2, -0.15) is 13.2 Å². The summed E-state index contributed by atoms with van der Waals surface area (Å²) in [6.45, 7) is 1.56. The maximum Gasteiger partial charge on any atom is 0.401 e. The van der Waals surface area contributed by atoms with Gasteiger partial charge in [-0.3, -0.25) is 4.90 Å². The minimum Gasteiger partial charge on any atom is -0.496 e. The second-order valence-electron chi connectivity index (χ2n) is 6.60. The van der Waals surface area contributed by atoms with E-state index in [1.54, 1.807) is 7.11 Å². The maximum absolute atomic E-state index is 12.5. The van der Waals surface area contributed by atoms with Gasteiger partial charge in [-0.25, -0.2) is 0 Å². The fourth-order valence-corrected chi connectivity index (χ4v) is 3.57. The molecule has 1 N–H and O–H groups in total. The first kappa shape index (κ1) is 18.0. The standard InChI is InChI=1S/C19H23F3N2O/c1-25-18-7-6-15-4-2-3-5-16(15)17(18)11-23-10-14-8-9-24(12-14)13-19(20,21)22/h2-7,14,23H,8-13H2,1H3. The van der Waals surface area contributed by atoms with E-state index in [-0.39, 0.29) is 5.92 Å². The third-order valence-electron chi connectivity index (χ3n) is 4.73. The second-order valence-corrected chi connectivity index (χ2v) is 6.60. The lowest BCUT2D eigenvalue weighted by atomic mass is 10.0. The van der Waals surface area contributed by atoms with Crippen LogP contribution in [-0.2, 0) is 6.54 Å². The number of halogens is 3. The van der Waals surface area contributed by atoms with Gasteiger partial charge < -0.3 is 10.1 Å². The average molecular weight is 352 g/mol. The fourth-order valence-electron chi connectivity index (χ4n) is 3.57. The van der Waals surface area contributed by atoms with Crippen molar-refractivity contribution in [2.24, 2.45) is 5.92 Å². The summed E-state index contributed by atoms with van der Waals surface area (Å²) in [5, 5.41) is 5.69. The lowest BCUT2D eigenvalue weighted by Gasteiger charge is -2.18. The number of alkyl halides is 3. The highest BCUT2D eigenvalue weighted by molar-refractivity contribution is 5.87. The smallest absolute Gasteiger partial charge is 0.401 e. The molecular weight excluding hydrogens is 329 g/mol. The molecule has 3 nitrogen and oxygen atoms in total. The van der Waals surface area contributed by atoms with Gasteiger partial charge in [0, 0.05) is 18.7 Å². The van der Waals surface area contributed by atoms with Crippen LogP contribution in [0.3, 0.4) is 0 Å². The van der Waals surface area contributed by atoms with Crippen molar-refractivity contribution in [1.29, 1.82) is 0 Å². The number of benzene rings is 2. The van der Waals surface area contributed by atoms with E-state index in [0.29, 0.717) is 26.2 Å². The summed E-state index contributed by atoms with van der Waals surface area (Å²) in [5.74, 6) is 1.08. The van der Waals surface area contributed by atoms with Crippen molar-refractivity contribution < 1.29 is 17.9 Å². The Morgan fingerprint density at radius 1 is 1.20 bits per heavy atom. The van der Waals surface area contributed by atoms with Crippen LogP contribution < -0.4 is 10.1 Å². The zero-order valence-corrected chi connectivity index (χ0v) is 14.3. The van der Waals surface area contributed by atoms with Crippen LogP contribution in [-0.4, -0.2) is 44.4 Å². The molecule has 136 valence electrons. The molecular formula is C19H23F3N2O. The summed E-state index contributed by atoms with van der Waals surface area (Å²) in [6.07, 6.45) is -3.31. The van der Waals surface area contributed by atoms with Gasteiger partial charge in [0.2, 0.25) is 0 Å². The molecule has 6 heteroatoms. The Bertz CT molecular complexity index is 717.